The van der Waals surface area contributed by atoms with Crippen LogP contribution in [0.1, 0.15) is 6.92 Å². The molecule has 19 heavy (non-hydrogen) atoms. The maximum absolute atomic E-state index is 11.8. The van der Waals surface area contributed by atoms with Gasteiger partial charge in [0.2, 0.25) is 0 Å². The highest BCUT2D eigenvalue weighted by atomic mass is 32.2. The first-order valence-electron chi connectivity index (χ1n) is 6.36. The van der Waals surface area contributed by atoms with Crippen molar-refractivity contribution in [1.82, 2.24) is 0 Å². The van der Waals surface area contributed by atoms with Crippen LogP contribution < -0.4 is 4.90 Å². The lowest BCUT2D eigenvalue weighted by atomic mass is 10.1. The first-order valence-corrected chi connectivity index (χ1v) is 9.17. The van der Waals surface area contributed by atoms with Gasteiger partial charge in [0.05, 0.1) is 23.6 Å². The molecule has 0 unspecified atom stereocenters. The first kappa shape index (κ1) is 13.0. The fourth-order valence-electron chi connectivity index (χ4n) is 2.65. The third-order valence-corrected chi connectivity index (χ3v) is 5.96. The number of amidine groups is 1. The molecule has 1 aromatic rings. The quantitative estimate of drug-likeness (QED) is 0.835. The van der Waals surface area contributed by atoms with Gasteiger partial charge in [0.1, 0.15) is 0 Å². The Balaban J connectivity index is 1.98. The highest BCUT2D eigenvalue weighted by Crippen LogP contribution is 2.34. The Morgan fingerprint density at radius 3 is 2.74 bits per heavy atom. The molecule has 0 saturated carbocycles. The Morgan fingerprint density at radius 2 is 2.05 bits per heavy atom. The molecule has 3 rings (SSSR count). The van der Waals surface area contributed by atoms with Gasteiger partial charge in [0.15, 0.2) is 15.0 Å². The third kappa shape index (κ3) is 2.39. The number of hydrogen-bond donors (Lipinski definition) is 0. The second-order valence-corrected chi connectivity index (χ2v) is 8.15. The summed E-state index contributed by atoms with van der Waals surface area (Å²) in [5.41, 5.74) is 1.03. The Bertz CT molecular complexity index is 598. The van der Waals surface area contributed by atoms with Crippen molar-refractivity contribution in [3.05, 3.63) is 30.3 Å². The fourth-order valence-corrected chi connectivity index (χ4v) is 5.35. The molecule has 4 nitrogen and oxygen atoms in total. The molecular formula is C13H16N2O2S2. The van der Waals surface area contributed by atoms with Crippen LogP contribution >= 0.6 is 11.8 Å². The normalized spacial score (nSPS) is 28.3. The summed E-state index contributed by atoms with van der Waals surface area (Å²) in [6.07, 6.45) is 0. The Hall–Kier alpha value is -1.01. The van der Waals surface area contributed by atoms with Crippen LogP contribution in [0.15, 0.2) is 35.3 Å². The van der Waals surface area contributed by atoms with Gasteiger partial charge in [0, 0.05) is 5.69 Å². The second-order valence-electron chi connectivity index (χ2n) is 4.76. The largest absolute Gasteiger partial charge is 0.315 e. The molecular weight excluding hydrogens is 280 g/mol. The van der Waals surface area contributed by atoms with Gasteiger partial charge in [-0.25, -0.2) is 8.42 Å². The van der Waals surface area contributed by atoms with E-state index in [2.05, 4.69) is 16.8 Å². The molecule has 0 radical (unpaired) electrons. The minimum atomic E-state index is -2.94. The molecule has 2 atom stereocenters. The number of sulfone groups is 1. The van der Waals surface area contributed by atoms with E-state index in [-0.39, 0.29) is 23.6 Å². The summed E-state index contributed by atoms with van der Waals surface area (Å²) in [5, 5.41) is 0.957. The molecule has 2 aliphatic rings. The number of nitrogens with zero attached hydrogens (tertiary/aromatic N) is 2. The summed E-state index contributed by atoms with van der Waals surface area (Å²) in [6.45, 7) is 2.08. The molecule has 0 aromatic heterocycles. The SMILES string of the molecule is CCSC1=N[C@@H]2CS(=O)(=O)C[C@@H]2N1c1ccccc1. The van der Waals surface area contributed by atoms with Crippen molar-refractivity contribution in [3.8, 4) is 0 Å². The van der Waals surface area contributed by atoms with E-state index in [1.807, 2.05) is 30.3 Å². The van der Waals surface area contributed by atoms with Crippen LogP contribution in [0.25, 0.3) is 0 Å². The molecule has 2 aliphatic heterocycles. The smallest absolute Gasteiger partial charge is 0.164 e. The number of para-hydroxylation sites is 1. The number of hydrogen-bond acceptors (Lipinski definition) is 5. The van der Waals surface area contributed by atoms with Crippen molar-refractivity contribution < 1.29 is 8.42 Å². The zero-order valence-electron chi connectivity index (χ0n) is 10.7. The van der Waals surface area contributed by atoms with Gasteiger partial charge < -0.3 is 4.90 Å². The molecule has 1 fully saturated rings. The van der Waals surface area contributed by atoms with Crippen molar-refractivity contribution in [2.45, 2.75) is 19.0 Å². The molecule has 0 N–H and O–H groups in total. The third-order valence-electron chi connectivity index (χ3n) is 3.42. The summed E-state index contributed by atoms with van der Waals surface area (Å²) < 4.78 is 23.6. The van der Waals surface area contributed by atoms with Crippen LogP contribution in [0.3, 0.4) is 0 Å². The summed E-state index contributed by atoms with van der Waals surface area (Å²) >= 11 is 1.68. The average Bonchev–Trinajstić information content (AvgIpc) is 2.82. The van der Waals surface area contributed by atoms with E-state index in [0.717, 1.165) is 16.6 Å². The van der Waals surface area contributed by atoms with Crippen LogP contribution in [-0.2, 0) is 9.84 Å². The number of thioether (sulfide) groups is 1. The molecule has 0 bridgehead atoms. The Labute approximate surface area is 117 Å². The van der Waals surface area contributed by atoms with Crippen LogP contribution in [0.4, 0.5) is 5.69 Å². The number of fused-ring (bicyclic) bond motifs is 1. The minimum absolute atomic E-state index is 0.0264. The molecule has 6 heteroatoms. The lowest BCUT2D eigenvalue weighted by Crippen LogP contribution is -2.39. The van der Waals surface area contributed by atoms with Crippen molar-refractivity contribution >= 4 is 32.5 Å². The summed E-state index contributed by atoms with van der Waals surface area (Å²) in [7, 11) is -2.94. The van der Waals surface area contributed by atoms with E-state index in [0.29, 0.717) is 0 Å². The maximum atomic E-state index is 11.8. The number of anilines is 1. The molecule has 0 amide bonds. The summed E-state index contributed by atoms with van der Waals surface area (Å²) in [6, 6.07) is 9.81. The van der Waals surface area contributed by atoms with E-state index in [1.54, 1.807) is 11.8 Å². The predicted molar refractivity (Wildman–Crippen MR) is 80.7 cm³/mol. The van der Waals surface area contributed by atoms with Gasteiger partial charge in [-0.1, -0.05) is 36.9 Å². The Morgan fingerprint density at radius 1 is 1.32 bits per heavy atom. The van der Waals surface area contributed by atoms with Crippen LogP contribution in [0, 0.1) is 0 Å². The van der Waals surface area contributed by atoms with Gasteiger partial charge in [0.25, 0.3) is 0 Å². The van der Waals surface area contributed by atoms with Crippen molar-refractivity contribution in [1.29, 1.82) is 0 Å². The molecule has 2 heterocycles. The van der Waals surface area contributed by atoms with Crippen molar-refractivity contribution in [3.63, 3.8) is 0 Å². The molecule has 0 aliphatic carbocycles. The molecule has 1 aromatic carbocycles. The van der Waals surface area contributed by atoms with E-state index < -0.39 is 9.84 Å². The maximum Gasteiger partial charge on any atom is 0.164 e. The highest BCUT2D eigenvalue weighted by molar-refractivity contribution is 8.14. The van der Waals surface area contributed by atoms with Crippen molar-refractivity contribution in [2.75, 3.05) is 22.2 Å². The van der Waals surface area contributed by atoms with Gasteiger partial charge in [-0.3, -0.25) is 4.99 Å². The zero-order chi connectivity index (χ0) is 13.5. The van der Waals surface area contributed by atoms with E-state index in [4.69, 9.17) is 0 Å². The summed E-state index contributed by atoms with van der Waals surface area (Å²) in [5.74, 6) is 1.34. The monoisotopic (exact) mass is 296 g/mol. The number of aliphatic imine (C=N–C) groups is 1. The fraction of sp³-hybridized carbons (Fsp3) is 0.462. The standard InChI is InChI=1S/C13H16N2O2S2/c1-2-18-13-14-11-8-19(16,17)9-12(11)15(13)10-6-4-3-5-7-10/h3-7,11-12H,2,8-9H2,1H3/t11-,12+/m1/s1. The van der Waals surface area contributed by atoms with Gasteiger partial charge in [-0.2, -0.15) is 0 Å². The molecule has 102 valence electrons. The second kappa shape index (κ2) is 4.83. The van der Waals surface area contributed by atoms with E-state index >= 15 is 0 Å². The number of benzene rings is 1. The van der Waals surface area contributed by atoms with Crippen LogP contribution in [0.2, 0.25) is 0 Å². The number of rotatable bonds is 2. The predicted octanol–water partition coefficient (Wildman–Crippen LogP) is 1.78. The molecule has 1 saturated heterocycles. The van der Waals surface area contributed by atoms with E-state index in [1.165, 1.54) is 0 Å². The zero-order valence-corrected chi connectivity index (χ0v) is 12.3. The molecule has 0 spiro atoms. The van der Waals surface area contributed by atoms with Crippen LogP contribution in [0.5, 0.6) is 0 Å². The minimum Gasteiger partial charge on any atom is -0.315 e. The van der Waals surface area contributed by atoms with Gasteiger partial charge in [-0.15, -0.1) is 0 Å². The topological polar surface area (TPSA) is 49.7 Å². The highest BCUT2D eigenvalue weighted by Gasteiger charge is 2.46. The van der Waals surface area contributed by atoms with Gasteiger partial charge >= 0.3 is 0 Å². The first-order chi connectivity index (χ1) is 9.11. The van der Waals surface area contributed by atoms with E-state index in [9.17, 15) is 8.42 Å². The lowest BCUT2D eigenvalue weighted by molar-refractivity contribution is 0.601. The van der Waals surface area contributed by atoms with Crippen molar-refractivity contribution in [2.24, 2.45) is 4.99 Å². The summed E-state index contributed by atoms with van der Waals surface area (Å²) in [4.78, 5) is 6.72. The van der Waals surface area contributed by atoms with Crippen LogP contribution in [-0.4, -0.2) is 42.9 Å². The average molecular weight is 296 g/mol. The lowest BCUT2D eigenvalue weighted by Gasteiger charge is -2.26. The Kier molecular flexibility index (Phi) is 3.30. The van der Waals surface area contributed by atoms with Gasteiger partial charge in [-0.05, 0) is 17.9 Å².